The highest BCUT2D eigenvalue weighted by Gasteiger charge is 2.15. The van der Waals surface area contributed by atoms with E-state index in [2.05, 4.69) is 46.0 Å². The Balaban J connectivity index is 2.04. The number of hydrogen-bond donors (Lipinski definition) is 1. The molecular formula is C16H24N4. The van der Waals surface area contributed by atoms with Crippen LogP contribution in [0.15, 0.2) is 36.8 Å². The van der Waals surface area contributed by atoms with Gasteiger partial charge in [0.05, 0.1) is 6.04 Å². The van der Waals surface area contributed by atoms with Crippen LogP contribution in [-0.2, 0) is 13.0 Å². The molecule has 0 spiro atoms. The summed E-state index contributed by atoms with van der Waals surface area (Å²) in [6.45, 7) is 6.31. The normalized spacial score (nSPS) is 12.5. The molecule has 4 heteroatoms. The second-order valence-electron chi connectivity index (χ2n) is 4.95. The molecule has 2 heterocycles. The third kappa shape index (κ3) is 3.90. The monoisotopic (exact) mass is 272 g/mol. The molecule has 20 heavy (non-hydrogen) atoms. The minimum Gasteiger partial charge on any atom is -0.334 e. The van der Waals surface area contributed by atoms with E-state index in [9.17, 15) is 0 Å². The second-order valence-corrected chi connectivity index (χ2v) is 4.95. The highest BCUT2D eigenvalue weighted by Crippen LogP contribution is 2.17. The summed E-state index contributed by atoms with van der Waals surface area (Å²) in [4.78, 5) is 8.94. The molecule has 2 aromatic rings. The number of nitrogens with zero attached hydrogens (tertiary/aromatic N) is 3. The lowest BCUT2D eigenvalue weighted by molar-refractivity contribution is 0.462. The van der Waals surface area contributed by atoms with Crippen molar-refractivity contribution in [3.8, 4) is 0 Å². The fourth-order valence-corrected chi connectivity index (χ4v) is 2.47. The van der Waals surface area contributed by atoms with Crippen LogP contribution < -0.4 is 5.32 Å². The predicted molar refractivity (Wildman–Crippen MR) is 81.5 cm³/mol. The van der Waals surface area contributed by atoms with Crippen LogP contribution in [0.5, 0.6) is 0 Å². The van der Waals surface area contributed by atoms with Gasteiger partial charge in [-0.3, -0.25) is 4.98 Å². The second kappa shape index (κ2) is 7.80. The Morgan fingerprint density at radius 2 is 2.10 bits per heavy atom. The van der Waals surface area contributed by atoms with Gasteiger partial charge in [0, 0.05) is 30.8 Å². The quantitative estimate of drug-likeness (QED) is 0.803. The first kappa shape index (κ1) is 14.7. The highest BCUT2D eigenvalue weighted by atomic mass is 15.1. The Hall–Kier alpha value is -1.68. The summed E-state index contributed by atoms with van der Waals surface area (Å²) in [5.41, 5.74) is 1.14. The smallest absolute Gasteiger partial charge is 0.125 e. The minimum atomic E-state index is 0.295. The molecule has 1 atom stereocenters. The summed E-state index contributed by atoms with van der Waals surface area (Å²) in [6.07, 6.45) is 8.95. The van der Waals surface area contributed by atoms with Crippen LogP contribution in [0.3, 0.4) is 0 Å². The lowest BCUT2D eigenvalue weighted by Gasteiger charge is -2.18. The van der Waals surface area contributed by atoms with E-state index < -0.39 is 0 Å². The largest absolute Gasteiger partial charge is 0.334 e. The fourth-order valence-electron chi connectivity index (χ4n) is 2.47. The van der Waals surface area contributed by atoms with Crippen molar-refractivity contribution >= 4 is 0 Å². The van der Waals surface area contributed by atoms with Gasteiger partial charge >= 0.3 is 0 Å². The standard InChI is InChI=1S/C16H24N4/c1-3-12-20-13-11-19-16(20)15(17-4-2)9-8-14-7-5-6-10-18-14/h5-7,10-11,13,15,17H,3-4,8-9,12H2,1-2H3. The molecular weight excluding hydrogens is 248 g/mol. The summed E-state index contributed by atoms with van der Waals surface area (Å²) in [7, 11) is 0. The van der Waals surface area contributed by atoms with Gasteiger partial charge in [-0.2, -0.15) is 0 Å². The van der Waals surface area contributed by atoms with Crippen molar-refractivity contribution < 1.29 is 0 Å². The summed E-state index contributed by atoms with van der Waals surface area (Å²) >= 11 is 0. The van der Waals surface area contributed by atoms with Crippen molar-refractivity contribution in [2.24, 2.45) is 0 Å². The van der Waals surface area contributed by atoms with Gasteiger partial charge in [-0.15, -0.1) is 0 Å². The number of aryl methyl sites for hydroxylation is 2. The van der Waals surface area contributed by atoms with E-state index in [1.165, 1.54) is 0 Å². The van der Waals surface area contributed by atoms with E-state index in [4.69, 9.17) is 0 Å². The maximum atomic E-state index is 4.55. The van der Waals surface area contributed by atoms with E-state index >= 15 is 0 Å². The van der Waals surface area contributed by atoms with Gasteiger partial charge in [0.1, 0.15) is 5.82 Å². The topological polar surface area (TPSA) is 42.7 Å². The number of aromatic nitrogens is 3. The van der Waals surface area contributed by atoms with Crippen molar-refractivity contribution in [2.45, 2.75) is 45.7 Å². The first-order valence-corrected chi connectivity index (χ1v) is 7.49. The SMILES string of the molecule is CCCn1ccnc1C(CCc1ccccn1)NCC. The fraction of sp³-hybridized carbons (Fsp3) is 0.500. The van der Waals surface area contributed by atoms with E-state index in [0.29, 0.717) is 6.04 Å². The predicted octanol–water partition coefficient (Wildman–Crippen LogP) is 2.97. The third-order valence-corrected chi connectivity index (χ3v) is 3.39. The Labute approximate surface area is 121 Å². The Morgan fingerprint density at radius 1 is 1.20 bits per heavy atom. The van der Waals surface area contributed by atoms with Gasteiger partial charge in [0.2, 0.25) is 0 Å². The minimum absolute atomic E-state index is 0.295. The van der Waals surface area contributed by atoms with Crippen LogP contribution in [-0.4, -0.2) is 21.1 Å². The molecule has 1 unspecified atom stereocenters. The van der Waals surface area contributed by atoms with Crippen molar-refractivity contribution in [1.29, 1.82) is 0 Å². The third-order valence-electron chi connectivity index (χ3n) is 3.39. The first-order valence-electron chi connectivity index (χ1n) is 7.49. The van der Waals surface area contributed by atoms with Crippen LogP contribution in [0, 0.1) is 0 Å². The van der Waals surface area contributed by atoms with Crippen LogP contribution in [0.4, 0.5) is 0 Å². The molecule has 0 amide bonds. The number of pyridine rings is 1. The summed E-state index contributed by atoms with van der Waals surface area (Å²) in [6, 6.07) is 6.38. The number of hydrogen-bond acceptors (Lipinski definition) is 3. The molecule has 0 radical (unpaired) electrons. The molecule has 2 rings (SSSR count). The van der Waals surface area contributed by atoms with Crippen molar-refractivity contribution in [3.63, 3.8) is 0 Å². The molecule has 108 valence electrons. The Bertz CT molecular complexity index is 492. The van der Waals surface area contributed by atoms with E-state index in [0.717, 1.165) is 43.9 Å². The molecule has 0 aliphatic rings. The van der Waals surface area contributed by atoms with Gasteiger partial charge in [-0.05, 0) is 37.9 Å². The van der Waals surface area contributed by atoms with Crippen LogP contribution in [0.2, 0.25) is 0 Å². The van der Waals surface area contributed by atoms with E-state index in [1.807, 2.05) is 24.5 Å². The lowest BCUT2D eigenvalue weighted by atomic mass is 10.1. The molecule has 0 aliphatic heterocycles. The number of nitrogens with one attached hydrogen (secondary N) is 1. The highest BCUT2D eigenvalue weighted by molar-refractivity contribution is 5.06. The van der Waals surface area contributed by atoms with Crippen molar-refractivity contribution in [3.05, 3.63) is 48.3 Å². The van der Waals surface area contributed by atoms with Gasteiger partial charge in [0.15, 0.2) is 0 Å². The summed E-state index contributed by atoms with van der Waals surface area (Å²) < 4.78 is 2.26. The van der Waals surface area contributed by atoms with Crippen LogP contribution >= 0.6 is 0 Å². The van der Waals surface area contributed by atoms with Gasteiger partial charge in [-0.1, -0.05) is 19.9 Å². The Morgan fingerprint density at radius 3 is 2.80 bits per heavy atom. The maximum Gasteiger partial charge on any atom is 0.125 e. The zero-order chi connectivity index (χ0) is 14.2. The van der Waals surface area contributed by atoms with Crippen molar-refractivity contribution in [2.75, 3.05) is 6.54 Å². The van der Waals surface area contributed by atoms with E-state index in [1.54, 1.807) is 0 Å². The lowest BCUT2D eigenvalue weighted by Crippen LogP contribution is -2.25. The van der Waals surface area contributed by atoms with Crippen LogP contribution in [0.1, 0.15) is 44.2 Å². The molecule has 2 aromatic heterocycles. The Kier molecular flexibility index (Phi) is 5.74. The zero-order valence-electron chi connectivity index (χ0n) is 12.4. The molecule has 0 aromatic carbocycles. The summed E-state index contributed by atoms with van der Waals surface area (Å²) in [5.74, 6) is 1.14. The zero-order valence-corrected chi connectivity index (χ0v) is 12.4. The molecule has 0 fully saturated rings. The number of imidazole rings is 1. The molecule has 1 N–H and O–H groups in total. The molecule has 4 nitrogen and oxygen atoms in total. The molecule has 0 aliphatic carbocycles. The maximum absolute atomic E-state index is 4.55. The first-order chi connectivity index (χ1) is 9.85. The summed E-state index contributed by atoms with van der Waals surface area (Å²) in [5, 5.41) is 3.54. The van der Waals surface area contributed by atoms with Gasteiger partial charge in [0.25, 0.3) is 0 Å². The molecule has 0 bridgehead atoms. The molecule has 0 saturated carbocycles. The average Bonchev–Trinajstić information content (AvgIpc) is 2.93. The van der Waals surface area contributed by atoms with Gasteiger partial charge < -0.3 is 9.88 Å². The van der Waals surface area contributed by atoms with Crippen LogP contribution in [0.25, 0.3) is 0 Å². The number of rotatable bonds is 8. The average molecular weight is 272 g/mol. The van der Waals surface area contributed by atoms with Crippen molar-refractivity contribution in [1.82, 2.24) is 19.9 Å². The van der Waals surface area contributed by atoms with E-state index in [-0.39, 0.29) is 0 Å². The van der Waals surface area contributed by atoms with Gasteiger partial charge in [-0.25, -0.2) is 4.98 Å². The molecule has 0 saturated heterocycles.